The highest BCUT2D eigenvalue weighted by atomic mass is 16.5. The van der Waals surface area contributed by atoms with Crippen LogP contribution in [0.25, 0.3) is 0 Å². The first-order chi connectivity index (χ1) is 8.60. The maximum Gasteiger partial charge on any atom is 0.254 e. The Hall–Kier alpha value is -1.39. The van der Waals surface area contributed by atoms with Crippen LogP contribution < -0.4 is 5.73 Å². The summed E-state index contributed by atoms with van der Waals surface area (Å²) in [5, 5.41) is 0. The molecule has 0 aliphatic carbocycles. The van der Waals surface area contributed by atoms with Gasteiger partial charge in [-0.15, -0.1) is 0 Å². The molecule has 4 heteroatoms. The summed E-state index contributed by atoms with van der Waals surface area (Å²) in [6.45, 7) is 5.80. The number of nitrogens with two attached hydrogens (primary N) is 1. The maximum absolute atomic E-state index is 12.3. The molecule has 0 unspecified atom stereocenters. The highest BCUT2D eigenvalue weighted by Crippen LogP contribution is 2.14. The number of hydrogen-bond acceptors (Lipinski definition) is 3. The quantitative estimate of drug-likeness (QED) is 0.860. The van der Waals surface area contributed by atoms with E-state index in [2.05, 4.69) is 0 Å². The topological polar surface area (TPSA) is 55.6 Å². The van der Waals surface area contributed by atoms with Gasteiger partial charge in [-0.25, -0.2) is 0 Å². The molecule has 2 N–H and O–H groups in total. The van der Waals surface area contributed by atoms with E-state index in [4.69, 9.17) is 10.5 Å². The number of amides is 1. The number of nitrogens with zero attached hydrogens (tertiary/aromatic N) is 1. The van der Waals surface area contributed by atoms with E-state index in [0.29, 0.717) is 25.2 Å². The number of hydrogen-bond donors (Lipinski definition) is 1. The van der Waals surface area contributed by atoms with Gasteiger partial charge in [-0.1, -0.05) is 12.1 Å². The molecule has 2 rings (SSSR count). The van der Waals surface area contributed by atoms with Crippen molar-refractivity contribution < 1.29 is 9.53 Å². The van der Waals surface area contributed by atoms with Crippen molar-refractivity contribution in [1.29, 1.82) is 0 Å². The number of rotatable bonds is 2. The SMILES string of the molecule is C[C@@H]1CN(C(=O)c2ccc(CN)cc2)C[C@H](C)O1. The maximum atomic E-state index is 12.3. The van der Waals surface area contributed by atoms with Gasteiger partial charge in [0.15, 0.2) is 0 Å². The molecule has 18 heavy (non-hydrogen) atoms. The van der Waals surface area contributed by atoms with Crippen LogP contribution in [0, 0.1) is 0 Å². The summed E-state index contributed by atoms with van der Waals surface area (Å²) >= 11 is 0. The molecular weight excluding hydrogens is 228 g/mol. The van der Waals surface area contributed by atoms with E-state index in [1.165, 1.54) is 0 Å². The van der Waals surface area contributed by atoms with Crippen LogP contribution in [0.1, 0.15) is 29.8 Å². The van der Waals surface area contributed by atoms with Gasteiger partial charge in [0.2, 0.25) is 0 Å². The molecule has 1 aliphatic heterocycles. The third kappa shape index (κ3) is 2.89. The van der Waals surface area contributed by atoms with Crippen molar-refractivity contribution in [1.82, 2.24) is 4.90 Å². The van der Waals surface area contributed by atoms with E-state index >= 15 is 0 Å². The molecule has 1 saturated heterocycles. The van der Waals surface area contributed by atoms with Crippen molar-refractivity contribution in [3.63, 3.8) is 0 Å². The Morgan fingerprint density at radius 3 is 2.33 bits per heavy atom. The smallest absolute Gasteiger partial charge is 0.254 e. The number of ether oxygens (including phenoxy) is 1. The number of morpholine rings is 1. The summed E-state index contributed by atoms with van der Waals surface area (Å²) in [5.74, 6) is 0.0700. The summed E-state index contributed by atoms with van der Waals surface area (Å²) in [6, 6.07) is 7.49. The normalized spacial score (nSPS) is 24.1. The fraction of sp³-hybridized carbons (Fsp3) is 0.500. The van der Waals surface area contributed by atoms with E-state index in [9.17, 15) is 4.79 Å². The first-order valence-electron chi connectivity index (χ1n) is 6.34. The van der Waals surface area contributed by atoms with Gasteiger partial charge in [0.05, 0.1) is 12.2 Å². The minimum atomic E-state index is 0.0700. The van der Waals surface area contributed by atoms with Gasteiger partial charge in [-0.05, 0) is 31.5 Å². The fourth-order valence-electron chi connectivity index (χ4n) is 2.31. The van der Waals surface area contributed by atoms with Gasteiger partial charge in [0.1, 0.15) is 0 Å². The Balaban J connectivity index is 2.09. The van der Waals surface area contributed by atoms with E-state index in [-0.39, 0.29) is 18.1 Å². The molecule has 1 aromatic rings. The third-order valence-corrected chi connectivity index (χ3v) is 3.14. The lowest BCUT2D eigenvalue weighted by atomic mass is 10.1. The molecule has 1 aliphatic rings. The molecule has 0 aromatic heterocycles. The second-order valence-corrected chi connectivity index (χ2v) is 4.87. The van der Waals surface area contributed by atoms with Crippen LogP contribution in [0.15, 0.2) is 24.3 Å². The highest BCUT2D eigenvalue weighted by molar-refractivity contribution is 5.94. The Labute approximate surface area is 108 Å². The molecule has 0 bridgehead atoms. The second-order valence-electron chi connectivity index (χ2n) is 4.87. The van der Waals surface area contributed by atoms with Crippen molar-refractivity contribution in [3.05, 3.63) is 35.4 Å². The summed E-state index contributed by atoms with van der Waals surface area (Å²) in [7, 11) is 0. The first kappa shape index (κ1) is 13.1. The largest absolute Gasteiger partial charge is 0.372 e. The second kappa shape index (κ2) is 5.50. The van der Waals surface area contributed by atoms with Crippen molar-refractivity contribution >= 4 is 5.91 Å². The van der Waals surface area contributed by atoms with Crippen LogP contribution in [0.5, 0.6) is 0 Å². The van der Waals surface area contributed by atoms with Gasteiger partial charge < -0.3 is 15.4 Å². The van der Waals surface area contributed by atoms with Crippen LogP contribution in [-0.2, 0) is 11.3 Å². The molecule has 1 fully saturated rings. The molecule has 98 valence electrons. The first-order valence-corrected chi connectivity index (χ1v) is 6.34. The molecule has 0 radical (unpaired) electrons. The predicted octanol–water partition coefficient (Wildman–Crippen LogP) is 1.39. The third-order valence-electron chi connectivity index (χ3n) is 3.14. The monoisotopic (exact) mass is 248 g/mol. The van der Waals surface area contributed by atoms with Crippen LogP contribution in [0.3, 0.4) is 0 Å². The molecule has 0 saturated carbocycles. The van der Waals surface area contributed by atoms with Crippen LogP contribution in [-0.4, -0.2) is 36.1 Å². The zero-order valence-corrected chi connectivity index (χ0v) is 10.9. The molecule has 0 spiro atoms. The molecule has 1 amide bonds. The summed E-state index contributed by atoms with van der Waals surface area (Å²) in [5.41, 5.74) is 7.30. The van der Waals surface area contributed by atoms with Gasteiger partial charge in [-0.2, -0.15) is 0 Å². The average Bonchev–Trinajstić information content (AvgIpc) is 2.37. The summed E-state index contributed by atoms with van der Waals surface area (Å²) in [4.78, 5) is 14.2. The fourth-order valence-corrected chi connectivity index (χ4v) is 2.31. The van der Waals surface area contributed by atoms with Gasteiger partial charge in [0, 0.05) is 25.2 Å². The highest BCUT2D eigenvalue weighted by Gasteiger charge is 2.26. The van der Waals surface area contributed by atoms with Crippen molar-refractivity contribution in [3.8, 4) is 0 Å². The van der Waals surface area contributed by atoms with E-state index in [0.717, 1.165) is 5.56 Å². The van der Waals surface area contributed by atoms with Gasteiger partial charge >= 0.3 is 0 Å². The lowest BCUT2D eigenvalue weighted by molar-refractivity contribution is -0.0586. The Kier molecular flexibility index (Phi) is 3.99. The van der Waals surface area contributed by atoms with E-state index < -0.39 is 0 Å². The lowest BCUT2D eigenvalue weighted by Gasteiger charge is -2.35. The molecule has 1 heterocycles. The van der Waals surface area contributed by atoms with Crippen molar-refractivity contribution in [2.75, 3.05) is 13.1 Å². The van der Waals surface area contributed by atoms with Crippen molar-refractivity contribution in [2.24, 2.45) is 5.73 Å². The lowest BCUT2D eigenvalue weighted by Crippen LogP contribution is -2.48. The summed E-state index contributed by atoms with van der Waals surface area (Å²) < 4.78 is 5.63. The zero-order valence-electron chi connectivity index (χ0n) is 10.9. The molecule has 1 aromatic carbocycles. The molecular formula is C14H20N2O2. The minimum absolute atomic E-state index is 0.0700. The zero-order chi connectivity index (χ0) is 13.1. The predicted molar refractivity (Wildman–Crippen MR) is 70.2 cm³/mol. The Morgan fingerprint density at radius 2 is 1.83 bits per heavy atom. The summed E-state index contributed by atoms with van der Waals surface area (Å²) in [6.07, 6.45) is 0.196. The van der Waals surface area contributed by atoms with Crippen LogP contribution in [0.2, 0.25) is 0 Å². The average molecular weight is 248 g/mol. The standard InChI is InChI=1S/C14H20N2O2/c1-10-8-16(9-11(2)18-10)14(17)13-5-3-12(7-15)4-6-13/h3-6,10-11H,7-9,15H2,1-2H3/t10-,11+. The molecule has 2 atom stereocenters. The Morgan fingerprint density at radius 1 is 1.28 bits per heavy atom. The number of carbonyl (C=O) groups excluding carboxylic acids is 1. The minimum Gasteiger partial charge on any atom is -0.372 e. The van der Waals surface area contributed by atoms with Crippen molar-refractivity contribution in [2.45, 2.75) is 32.6 Å². The van der Waals surface area contributed by atoms with E-state index in [1.54, 1.807) is 0 Å². The van der Waals surface area contributed by atoms with E-state index in [1.807, 2.05) is 43.0 Å². The van der Waals surface area contributed by atoms with Gasteiger partial charge in [-0.3, -0.25) is 4.79 Å². The van der Waals surface area contributed by atoms with Gasteiger partial charge in [0.25, 0.3) is 5.91 Å². The number of benzene rings is 1. The number of carbonyl (C=O) groups is 1. The molecule has 4 nitrogen and oxygen atoms in total. The van der Waals surface area contributed by atoms with Crippen LogP contribution in [0.4, 0.5) is 0 Å². The van der Waals surface area contributed by atoms with Crippen LogP contribution >= 0.6 is 0 Å². The Bertz CT molecular complexity index is 406.